The van der Waals surface area contributed by atoms with E-state index < -0.39 is 37.5 Å². The molecule has 10 aromatic carbocycles. The summed E-state index contributed by atoms with van der Waals surface area (Å²) in [6, 6.07) is 112. The normalized spacial score (nSPS) is 12.1. The molecule has 18 rings (SSSR count). The van der Waals surface area contributed by atoms with Crippen molar-refractivity contribution in [1.29, 1.82) is 0 Å². The molecule has 6 aromatic heterocycles. The zero-order chi connectivity index (χ0) is 80.9. The maximum atomic E-state index is 14.4. The molecule has 2 aliphatic rings. The minimum absolute atomic E-state index is 0. The second kappa shape index (κ2) is 42.8. The molecule has 2 aliphatic carbocycles. The van der Waals surface area contributed by atoms with E-state index in [1.807, 2.05) is 175 Å². The maximum absolute atomic E-state index is 14.4. The fraction of sp³-hybridized carbons (Fsp3) is 0.165. The first-order valence-corrected chi connectivity index (χ1v) is 38.6. The van der Waals surface area contributed by atoms with E-state index in [-0.39, 0.29) is 128 Å². The minimum atomic E-state index is -0.833. The maximum Gasteiger partial charge on any atom is 0.159 e. The number of hydrogen-bond acceptors (Lipinski definition) is 8. The molecule has 0 saturated carbocycles. The van der Waals surface area contributed by atoms with E-state index >= 15 is 0 Å². The van der Waals surface area contributed by atoms with Crippen molar-refractivity contribution >= 4 is 10.8 Å². The molecule has 16 aromatic rings. The molecule has 0 aliphatic heterocycles. The molecule has 0 bridgehead atoms. The molecule has 121 heavy (non-hydrogen) atoms. The molecular weight excluding hydrogens is 2410 g/mol. The van der Waals surface area contributed by atoms with E-state index in [2.05, 4.69) is 195 Å². The number of aryl methyl sites for hydroxylation is 1. The van der Waals surface area contributed by atoms with Crippen LogP contribution in [-0.4, -0.2) is 39.9 Å². The van der Waals surface area contributed by atoms with Gasteiger partial charge in [-0.3, -0.25) is 29.3 Å². The van der Waals surface area contributed by atoms with E-state index in [0.29, 0.717) is 22.8 Å². The summed E-state index contributed by atoms with van der Waals surface area (Å²) in [4.78, 5) is 34.9. The van der Waals surface area contributed by atoms with Crippen molar-refractivity contribution in [3.05, 3.63) is 465 Å². The Kier molecular flexibility index (Phi) is 33.6. The third-order valence-corrected chi connectivity index (χ3v) is 21.8. The largest absolute Gasteiger partial charge is 0.391 e. The quantitative estimate of drug-likeness (QED) is 0.0696. The number of fused-ring (bicyclic) bond motifs is 7. The smallest absolute Gasteiger partial charge is 0.159 e. The fourth-order valence-corrected chi connectivity index (χ4v) is 15.6. The van der Waals surface area contributed by atoms with Crippen LogP contribution in [0.1, 0.15) is 156 Å². The number of halogens is 5. The first-order chi connectivity index (χ1) is 56.5. The molecule has 0 atom stereocenters. The van der Waals surface area contributed by atoms with Gasteiger partial charge >= 0.3 is 0 Å². The Balaban J connectivity index is 0.000000176. The number of aromatic nitrogens is 8. The third kappa shape index (κ3) is 19.8. The van der Waals surface area contributed by atoms with Gasteiger partial charge in [0, 0.05) is 152 Å². The van der Waals surface area contributed by atoms with E-state index in [1.165, 1.54) is 51.4 Å². The van der Waals surface area contributed by atoms with Crippen LogP contribution in [0.2, 0.25) is 0 Å². The molecule has 621 valence electrons. The molecule has 0 spiro atoms. The molecule has 0 fully saturated rings. The average molecular weight is 2490 g/mol. The van der Waals surface area contributed by atoms with Gasteiger partial charge in [0.25, 0.3) is 0 Å². The molecular formula is C103H84F5Ir5N8-5. The minimum Gasteiger partial charge on any atom is -0.391 e. The summed E-state index contributed by atoms with van der Waals surface area (Å²) < 4.78 is 66.1. The molecule has 18 heteroatoms. The summed E-state index contributed by atoms with van der Waals surface area (Å²) in [5, 5.41) is 2.43. The molecule has 0 unspecified atom stereocenters. The first kappa shape index (κ1) is 95.0. The second-order valence-corrected chi connectivity index (χ2v) is 29.9. The predicted octanol–water partition coefficient (Wildman–Crippen LogP) is 23.7. The Labute approximate surface area is 773 Å². The zero-order valence-corrected chi connectivity index (χ0v) is 79.2. The van der Waals surface area contributed by atoms with Crippen molar-refractivity contribution in [1.82, 2.24) is 39.9 Å². The molecule has 6 heterocycles. The van der Waals surface area contributed by atoms with Gasteiger partial charge < -0.3 is 4.98 Å². The van der Waals surface area contributed by atoms with Crippen LogP contribution < -0.4 is 0 Å². The van der Waals surface area contributed by atoms with Crippen LogP contribution in [0, 0.1) is 36.1 Å². The average Bonchev–Trinajstić information content (AvgIpc) is 1.55. The Morgan fingerprint density at radius 2 is 0.843 bits per heavy atom. The van der Waals surface area contributed by atoms with Crippen LogP contribution in [-0.2, 0) is 161 Å². The van der Waals surface area contributed by atoms with Crippen molar-refractivity contribution in [3.8, 4) is 33.4 Å². The third-order valence-electron chi connectivity index (χ3n) is 21.8. The summed E-state index contributed by atoms with van der Waals surface area (Å²) in [7, 11) is 0. The van der Waals surface area contributed by atoms with Crippen LogP contribution in [0.3, 0.4) is 0 Å². The Morgan fingerprint density at radius 1 is 0.339 bits per heavy atom. The van der Waals surface area contributed by atoms with Gasteiger partial charge in [0.15, 0.2) is 5.82 Å². The Hall–Kier alpha value is -9.88. The SMILES string of the molecule is CC(C)(c1[c-]cccc1)c1ccnc(CF)n1.CC(C)(c1[c-]cccc1)c1cncc(CF)n1.CC(C)(c1[c-]ccnc1)c1cccc(CF)n1.CCc1cccc(C2(c3[c-]cc4ccccc4c3)c3ccccc3-c3ccccc32)n1.FCc1nc(C2(c3[c-]cc(F)cc3)c3ccccc3-c3ccccc32)ccc1-c1ccccc1.[Ir].[Ir].[Ir].[Ir].[Ir]. The van der Waals surface area contributed by atoms with Gasteiger partial charge in [0.1, 0.15) is 26.7 Å². The van der Waals surface area contributed by atoms with Crippen LogP contribution in [0.25, 0.3) is 44.2 Å². The summed E-state index contributed by atoms with van der Waals surface area (Å²) in [5.41, 5.74) is 20.2. The van der Waals surface area contributed by atoms with Gasteiger partial charge in [0.2, 0.25) is 0 Å². The fourth-order valence-electron chi connectivity index (χ4n) is 15.6. The van der Waals surface area contributed by atoms with Crippen molar-refractivity contribution in [2.45, 2.75) is 109 Å². The summed E-state index contributed by atoms with van der Waals surface area (Å²) in [5.74, 6) is -0.123. The Morgan fingerprint density at radius 3 is 1.39 bits per heavy atom. The predicted molar refractivity (Wildman–Crippen MR) is 451 cm³/mol. The van der Waals surface area contributed by atoms with Crippen LogP contribution in [0.5, 0.6) is 0 Å². The topological polar surface area (TPSA) is 103 Å². The standard InChI is InChI=1S/C31H20F2N.C30H22N.3C14H14FN2.5Ir/c32-20-29-24(21-8-2-1-3-9-21)18-19-30(34-29)31(22-14-16-23(33)17-15-22)27-12-6-4-10-25(27)26-11-5-7-13-28(26)31;1-2-24-12-9-17-29(31-24)30(23-19-18-21-10-3-4-11-22(21)20-23)27-15-7-5-13-25(27)26-14-6-8-16-28(26)30;1-14(2,11-5-4-8-16-10-11)13-7-3-6-12(9-15)17-13;1-14(2,11-6-4-3-5-7-11)13-10-16-9-12(8-15)17-13;1-14(2,11-6-4-3-5-7-11)12-8-9-16-13(10-15)17-12;;;;;/h1-14,16-19H,20H2;3-18,20H,2H2,1H3;3-4,6-8,10H,9H2,1-2H3;3-6,9-10H,8H2,1-2H3;3-6,8-9H,10H2,1-2H3;;;;;/q5*-1;;;;;. The van der Waals surface area contributed by atoms with Crippen LogP contribution in [0.15, 0.2) is 322 Å². The van der Waals surface area contributed by atoms with Crippen LogP contribution in [0.4, 0.5) is 22.0 Å². The summed E-state index contributed by atoms with van der Waals surface area (Å²) >= 11 is 0. The number of alkyl halides is 4. The molecule has 8 nitrogen and oxygen atoms in total. The number of hydrogen-bond donors (Lipinski definition) is 0. The van der Waals surface area contributed by atoms with E-state index in [9.17, 15) is 22.0 Å². The molecule has 5 radical (unpaired) electrons. The molecule has 0 N–H and O–H groups in total. The van der Waals surface area contributed by atoms with E-state index in [1.54, 1.807) is 43.0 Å². The van der Waals surface area contributed by atoms with Gasteiger partial charge in [-0.25, -0.2) is 27.5 Å². The van der Waals surface area contributed by atoms with Crippen molar-refractivity contribution in [2.75, 3.05) is 0 Å². The van der Waals surface area contributed by atoms with Crippen molar-refractivity contribution in [2.24, 2.45) is 0 Å². The van der Waals surface area contributed by atoms with Crippen molar-refractivity contribution < 1.29 is 122 Å². The Bertz CT molecular complexity index is 5740. The van der Waals surface area contributed by atoms with Gasteiger partial charge in [-0.15, -0.1) is 45.7 Å². The van der Waals surface area contributed by atoms with Crippen molar-refractivity contribution in [3.63, 3.8) is 0 Å². The molecule has 0 saturated heterocycles. The number of rotatable bonds is 16. The zero-order valence-electron chi connectivity index (χ0n) is 67.3. The summed E-state index contributed by atoms with van der Waals surface area (Å²) in [6.45, 7) is 11.9. The second-order valence-electron chi connectivity index (χ2n) is 29.9. The number of pyridine rings is 4. The molecule has 0 amide bonds. The van der Waals surface area contributed by atoms with E-state index in [4.69, 9.17) is 9.97 Å². The van der Waals surface area contributed by atoms with Crippen LogP contribution >= 0.6 is 0 Å². The summed E-state index contributed by atoms with van der Waals surface area (Å²) in [6.07, 6.45) is 9.10. The first-order valence-electron chi connectivity index (χ1n) is 38.6. The number of benzene rings is 10. The van der Waals surface area contributed by atoms with Gasteiger partial charge in [-0.05, 0) is 92.9 Å². The van der Waals surface area contributed by atoms with Gasteiger partial charge in [0.05, 0.1) is 56.9 Å². The van der Waals surface area contributed by atoms with Gasteiger partial charge in [-0.2, -0.15) is 114 Å². The monoisotopic (exact) mass is 2490 g/mol. The number of nitrogens with zero attached hydrogens (tertiary/aromatic N) is 8. The van der Waals surface area contributed by atoms with Gasteiger partial charge in [-0.1, -0.05) is 225 Å². The van der Waals surface area contributed by atoms with E-state index in [0.717, 1.165) is 96.1 Å².